The highest BCUT2D eigenvalue weighted by atomic mass is 16.1. The summed E-state index contributed by atoms with van der Waals surface area (Å²) in [7, 11) is 2.19. The van der Waals surface area contributed by atoms with Gasteiger partial charge in [0.2, 0.25) is 0 Å². The van der Waals surface area contributed by atoms with Gasteiger partial charge in [0.25, 0.3) is 0 Å². The number of carbonyl (C=O) groups excluding carboxylic acids is 1. The molecule has 96 valence electrons. The van der Waals surface area contributed by atoms with E-state index in [1.54, 1.807) is 6.92 Å². The lowest BCUT2D eigenvalue weighted by Crippen LogP contribution is -2.34. The molecule has 18 heavy (non-hydrogen) atoms. The summed E-state index contributed by atoms with van der Waals surface area (Å²) in [5.41, 5.74) is 1.95. The van der Waals surface area contributed by atoms with E-state index in [0.29, 0.717) is 6.04 Å². The molecule has 2 heteroatoms. The van der Waals surface area contributed by atoms with E-state index < -0.39 is 0 Å². The van der Waals surface area contributed by atoms with Crippen LogP contribution < -0.4 is 0 Å². The summed E-state index contributed by atoms with van der Waals surface area (Å²) in [4.78, 5) is 13.6. The smallest absolute Gasteiger partial charge is 0.159 e. The number of rotatable bonds is 3. The quantitative estimate of drug-likeness (QED) is 0.758. The Labute approximate surface area is 109 Å². The van der Waals surface area contributed by atoms with E-state index in [0.717, 1.165) is 5.56 Å². The van der Waals surface area contributed by atoms with Crippen LogP contribution >= 0.6 is 0 Å². The van der Waals surface area contributed by atoms with Crippen molar-refractivity contribution in [2.75, 3.05) is 13.6 Å². The molecule has 1 aromatic rings. The van der Waals surface area contributed by atoms with Crippen molar-refractivity contribution in [2.24, 2.45) is 0 Å². The van der Waals surface area contributed by atoms with Gasteiger partial charge in [0.15, 0.2) is 5.78 Å². The first-order valence-corrected chi connectivity index (χ1v) is 6.66. The molecule has 0 aliphatic carbocycles. The van der Waals surface area contributed by atoms with Crippen LogP contribution in [0.4, 0.5) is 0 Å². The van der Waals surface area contributed by atoms with Crippen molar-refractivity contribution < 1.29 is 4.79 Å². The largest absolute Gasteiger partial charge is 0.300 e. The number of nitrogens with zero attached hydrogens (tertiary/aromatic N) is 1. The Balaban J connectivity index is 2.01. The van der Waals surface area contributed by atoms with Gasteiger partial charge in [0.1, 0.15) is 0 Å². The van der Waals surface area contributed by atoms with Gasteiger partial charge in [-0.05, 0) is 38.9 Å². The SMILES string of the molecule is CC(=O)c1ccc(/C=C/[C@@H]2CCCCN2C)cc1. The maximum Gasteiger partial charge on any atom is 0.159 e. The molecule has 0 aromatic heterocycles. The van der Waals surface area contributed by atoms with E-state index in [1.807, 2.05) is 24.3 Å². The third kappa shape index (κ3) is 3.30. The van der Waals surface area contributed by atoms with Crippen LogP contribution in [0.1, 0.15) is 42.1 Å². The molecule has 1 aliphatic rings. The van der Waals surface area contributed by atoms with Gasteiger partial charge in [0, 0.05) is 11.6 Å². The first kappa shape index (κ1) is 13.0. The van der Waals surface area contributed by atoms with Crippen LogP contribution in [0.25, 0.3) is 6.08 Å². The topological polar surface area (TPSA) is 20.3 Å². The minimum Gasteiger partial charge on any atom is -0.300 e. The Morgan fingerprint density at radius 3 is 2.61 bits per heavy atom. The van der Waals surface area contributed by atoms with Gasteiger partial charge in [-0.15, -0.1) is 0 Å². The molecule has 0 bridgehead atoms. The number of hydrogen-bond acceptors (Lipinski definition) is 2. The van der Waals surface area contributed by atoms with Crippen LogP contribution in [-0.4, -0.2) is 30.3 Å². The van der Waals surface area contributed by atoms with E-state index in [1.165, 1.54) is 31.4 Å². The number of Topliss-reactive ketones (excluding diaryl/α,β-unsaturated/α-hetero) is 1. The van der Waals surface area contributed by atoms with Crippen molar-refractivity contribution in [1.29, 1.82) is 0 Å². The normalized spacial score (nSPS) is 21.3. The fraction of sp³-hybridized carbons (Fsp3) is 0.438. The van der Waals surface area contributed by atoms with Crippen molar-refractivity contribution >= 4 is 11.9 Å². The van der Waals surface area contributed by atoms with Crippen LogP contribution in [0.2, 0.25) is 0 Å². The summed E-state index contributed by atoms with van der Waals surface area (Å²) in [6, 6.07) is 8.37. The second kappa shape index (κ2) is 5.96. The zero-order valence-electron chi connectivity index (χ0n) is 11.2. The fourth-order valence-corrected chi connectivity index (χ4v) is 2.40. The molecular formula is C16H21NO. The van der Waals surface area contributed by atoms with E-state index in [-0.39, 0.29) is 5.78 Å². The zero-order chi connectivity index (χ0) is 13.0. The molecule has 1 fully saturated rings. The predicted molar refractivity (Wildman–Crippen MR) is 75.7 cm³/mol. The number of piperidine rings is 1. The highest BCUT2D eigenvalue weighted by Crippen LogP contribution is 2.17. The third-order valence-corrected chi connectivity index (χ3v) is 3.65. The van der Waals surface area contributed by atoms with Crippen molar-refractivity contribution in [1.82, 2.24) is 4.90 Å². The first-order chi connectivity index (χ1) is 8.66. The lowest BCUT2D eigenvalue weighted by molar-refractivity contribution is 0.101. The molecule has 1 atom stereocenters. The monoisotopic (exact) mass is 243 g/mol. The van der Waals surface area contributed by atoms with Gasteiger partial charge >= 0.3 is 0 Å². The number of ketones is 1. The predicted octanol–water partition coefficient (Wildman–Crippen LogP) is 3.39. The average molecular weight is 243 g/mol. The first-order valence-electron chi connectivity index (χ1n) is 6.66. The Kier molecular flexibility index (Phi) is 4.32. The fourth-order valence-electron chi connectivity index (χ4n) is 2.40. The van der Waals surface area contributed by atoms with Gasteiger partial charge in [-0.3, -0.25) is 9.69 Å². The zero-order valence-corrected chi connectivity index (χ0v) is 11.2. The lowest BCUT2D eigenvalue weighted by atomic mass is 10.0. The minimum atomic E-state index is 0.123. The standard InChI is InChI=1S/C16H21NO/c1-13(18)15-9-6-14(7-10-15)8-11-16-5-3-4-12-17(16)2/h6-11,16H,3-5,12H2,1-2H3/b11-8+/t16-/m0/s1. The summed E-state index contributed by atoms with van der Waals surface area (Å²) >= 11 is 0. The second-order valence-corrected chi connectivity index (χ2v) is 5.08. The van der Waals surface area contributed by atoms with Gasteiger partial charge in [-0.25, -0.2) is 0 Å². The molecule has 1 aliphatic heterocycles. The Bertz CT molecular complexity index is 433. The van der Waals surface area contributed by atoms with Gasteiger partial charge in [0.05, 0.1) is 0 Å². The van der Waals surface area contributed by atoms with Gasteiger partial charge in [-0.2, -0.15) is 0 Å². The Hall–Kier alpha value is -1.41. The van der Waals surface area contributed by atoms with Gasteiger partial charge < -0.3 is 0 Å². The minimum absolute atomic E-state index is 0.123. The summed E-state index contributed by atoms with van der Waals surface area (Å²) < 4.78 is 0. The van der Waals surface area contributed by atoms with Crippen molar-refractivity contribution in [3.63, 3.8) is 0 Å². The highest BCUT2D eigenvalue weighted by molar-refractivity contribution is 5.94. The maximum absolute atomic E-state index is 11.2. The number of carbonyl (C=O) groups is 1. The van der Waals surface area contributed by atoms with Gasteiger partial charge in [-0.1, -0.05) is 42.8 Å². The van der Waals surface area contributed by atoms with Crippen LogP contribution in [0, 0.1) is 0 Å². The number of likely N-dealkylation sites (tertiary alicyclic amines) is 1. The Morgan fingerprint density at radius 2 is 2.00 bits per heavy atom. The molecular weight excluding hydrogens is 222 g/mol. The molecule has 1 aromatic carbocycles. The van der Waals surface area contributed by atoms with Crippen LogP contribution in [0.3, 0.4) is 0 Å². The maximum atomic E-state index is 11.2. The number of hydrogen-bond donors (Lipinski definition) is 0. The molecule has 1 saturated heterocycles. The average Bonchev–Trinajstić information content (AvgIpc) is 2.38. The summed E-state index contributed by atoms with van der Waals surface area (Å²) in [6.45, 7) is 2.79. The van der Waals surface area contributed by atoms with E-state index >= 15 is 0 Å². The van der Waals surface area contributed by atoms with Crippen molar-refractivity contribution in [3.05, 3.63) is 41.5 Å². The van der Waals surface area contributed by atoms with Crippen LogP contribution in [0.5, 0.6) is 0 Å². The molecule has 0 spiro atoms. The second-order valence-electron chi connectivity index (χ2n) is 5.08. The summed E-state index contributed by atoms with van der Waals surface area (Å²) in [5.74, 6) is 0.123. The molecule has 1 heterocycles. The van der Waals surface area contributed by atoms with Crippen LogP contribution in [0.15, 0.2) is 30.3 Å². The molecule has 0 unspecified atom stereocenters. The molecule has 0 amide bonds. The van der Waals surface area contributed by atoms with Crippen molar-refractivity contribution in [2.45, 2.75) is 32.2 Å². The molecule has 0 N–H and O–H groups in total. The van der Waals surface area contributed by atoms with E-state index in [4.69, 9.17) is 0 Å². The summed E-state index contributed by atoms with van der Waals surface area (Å²) in [6.07, 6.45) is 8.33. The molecule has 2 nitrogen and oxygen atoms in total. The summed E-state index contributed by atoms with van der Waals surface area (Å²) in [5, 5.41) is 0. The number of benzene rings is 1. The van der Waals surface area contributed by atoms with Crippen molar-refractivity contribution in [3.8, 4) is 0 Å². The highest BCUT2D eigenvalue weighted by Gasteiger charge is 2.15. The van der Waals surface area contributed by atoms with E-state index in [2.05, 4.69) is 24.1 Å². The third-order valence-electron chi connectivity index (χ3n) is 3.65. The molecule has 0 saturated carbocycles. The number of likely N-dealkylation sites (N-methyl/N-ethyl adjacent to an activating group) is 1. The lowest BCUT2D eigenvalue weighted by Gasteiger charge is -2.30. The molecule has 0 radical (unpaired) electrons. The Morgan fingerprint density at radius 1 is 1.28 bits per heavy atom. The van der Waals surface area contributed by atoms with E-state index in [9.17, 15) is 4.79 Å². The van der Waals surface area contributed by atoms with Crippen LogP contribution in [-0.2, 0) is 0 Å². The molecule has 2 rings (SSSR count).